The van der Waals surface area contributed by atoms with E-state index in [1.807, 2.05) is 48.5 Å². The number of benzene rings is 2. The molecule has 3 nitrogen and oxygen atoms in total. The zero-order valence-corrected chi connectivity index (χ0v) is 15.7. The number of thioether (sulfide) groups is 1. The Morgan fingerprint density at radius 3 is 2.42 bits per heavy atom. The van der Waals surface area contributed by atoms with Gasteiger partial charge in [-0.1, -0.05) is 53.2 Å². The maximum atomic E-state index is 6.31. The molecule has 0 aliphatic heterocycles. The molecule has 0 saturated heterocycles. The van der Waals surface area contributed by atoms with Crippen molar-refractivity contribution >= 4 is 35.0 Å². The Bertz CT molecular complexity index is 831. The van der Waals surface area contributed by atoms with Gasteiger partial charge in [-0.3, -0.25) is 0 Å². The fourth-order valence-corrected chi connectivity index (χ4v) is 4.07. The van der Waals surface area contributed by atoms with Crippen LogP contribution < -0.4 is 0 Å². The third-order valence-electron chi connectivity index (χ3n) is 3.76. The van der Waals surface area contributed by atoms with E-state index in [1.165, 1.54) is 0 Å². The summed E-state index contributed by atoms with van der Waals surface area (Å²) < 4.78 is 2.11. The van der Waals surface area contributed by atoms with Crippen molar-refractivity contribution in [2.24, 2.45) is 0 Å². The summed E-state index contributed by atoms with van der Waals surface area (Å²) in [5.74, 6) is 0.850. The van der Waals surface area contributed by atoms with E-state index >= 15 is 0 Å². The highest BCUT2D eigenvalue weighted by Crippen LogP contribution is 2.38. The van der Waals surface area contributed by atoms with Crippen molar-refractivity contribution in [1.82, 2.24) is 14.8 Å². The molecule has 0 aliphatic carbocycles. The van der Waals surface area contributed by atoms with Gasteiger partial charge in [-0.05, 0) is 49.7 Å². The summed E-state index contributed by atoms with van der Waals surface area (Å²) in [5, 5.41) is 11.3. The van der Waals surface area contributed by atoms with E-state index in [9.17, 15) is 0 Å². The Labute approximate surface area is 156 Å². The highest BCUT2D eigenvalue weighted by Gasteiger charge is 2.18. The standard InChI is InChI=1S/C18H17Cl2N3S/c1-3-23-17(13-8-10-14(19)11-9-13)21-22-18(23)24-12(2)15-6-4-5-7-16(15)20/h4-12H,3H2,1-2H3. The van der Waals surface area contributed by atoms with Gasteiger partial charge in [-0.2, -0.15) is 0 Å². The molecule has 3 rings (SSSR count). The molecule has 0 fully saturated rings. The van der Waals surface area contributed by atoms with E-state index < -0.39 is 0 Å². The van der Waals surface area contributed by atoms with E-state index in [2.05, 4.69) is 28.6 Å². The molecule has 6 heteroatoms. The van der Waals surface area contributed by atoms with E-state index in [0.29, 0.717) is 5.02 Å². The van der Waals surface area contributed by atoms with Gasteiger partial charge in [0.15, 0.2) is 11.0 Å². The molecule has 0 radical (unpaired) electrons. The molecule has 0 saturated carbocycles. The van der Waals surface area contributed by atoms with Crippen LogP contribution in [0.2, 0.25) is 10.0 Å². The van der Waals surface area contributed by atoms with Gasteiger partial charge < -0.3 is 4.57 Å². The SMILES string of the molecule is CCn1c(SC(C)c2ccccc2Cl)nnc1-c1ccc(Cl)cc1. The zero-order valence-electron chi connectivity index (χ0n) is 13.4. The van der Waals surface area contributed by atoms with Crippen LogP contribution in [0.1, 0.15) is 24.7 Å². The molecule has 1 aromatic heterocycles. The van der Waals surface area contributed by atoms with E-state index in [-0.39, 0.29) is 5.25 Å². The van der Waals surface area contributed by atoms with Gasteiger partial charge in [-0.15, -0.1) is 10.2 Å². The van der Waals surface area contributed by atoms with E-state index in [0.717, 1.165) is 33.7 Å². The van der Waals surface area contributed by atoms with Crippen LogP contribution >= 0.6 is 35.0 Å². The summed E-state index contributed by atoms with van der Waals surface area (Å²) in [4.78, 5) is 0. The largest absolute Gasteiger partial charge is 0.302 e. The molecule has 1 unspecified atom stereocenters. The average molecular weight is 378 g/mol. The number of aromatic nitrogens is 3. The van der Waals surface area contributed by atoms with Gasteiger partial charge >= 0.3 is 0 Å². The van der Waals surface area contributed by atoms with Crippen molar-refractivity contribution < 1.29 is 0 Å². The summed E-state index contributed by atoms with van der Waals surface area (Å²) >= 11 is 13.9. The number of hydrogen-bond acceptors (Lipinski definition) is 3. The molecule has 0 amide bonds. The highest BCUT2D eigenvalue weighted by molar-refractivity contribution is 7.99. The number of halogens is 2. The fourth-order valence-electron chi connectivity index (χ4n) is 2.50. The third kappa shape index (κ3) is 3.61. The molecule has 0 spiro atoms. The van der Waals surface area contributed by atoms with Crippen molar-refractivity contribution in [3.05, 3.63) is 64.1 Å². The molecule has 3 aromatic rings. The molecular weight excluding hydrogens is 361 g/mol. The van der Waals surface area contributed by atoms with Crippen LogP contribution in [0.4, 0.5) is 0 Å². The van der Waals surface area contributed by atoms with Crippen molar-refractivity contribution in [1.29, 1.82) is 0 Å². The topological polar surface area (TPSA) is 30.7 Å². The number of hydrogen-bond donors (Lipinski definition) is 0. The average Bonchev–Trinajstić information content (AvgIpc) is 2.98. The second-order valence-electron chi connectivity index (χ2n) is 5.34. The fraction of sp³-hybridized carbons (Fsp3) is 0.222. The quantitative estimate of drug-likeness (QED) is 0.501. The van der Waals surface area contributed by atoms with Gasteiger partial charge in [0.25, 0.3) is 0 Å². The lowest BCUT2D eigenvalue weighted by molar-refractivity contribution is 0.686. The Kier molecular flexibility index (Phi) is 5.49. The van der Waals surface area contributed by atoms with Crippen molar-refractivity contribution in [3.63, 3.8) is 0 Å². The molecule has 1 atom stereocenters. The molecule has 0 aliphatic rings. The zero-order chi connectivity index (χ0) is 17.1. The first-order chi connectivity index (χ1) is 11.6. The lowest BCUT2D eigenvalue weighted by Gasteiger charge is -2.13. The maximum absolute atomic E-state index is 6.31. The lowest BCUT2D eigenvalue weighted by Crippen LogP contribution is -2.01. The smallest absolute Gasteiger partial charge is 0.192 e. The van der Waals surface area contributed by atoms with Gasteiger partial charge in [0, 0.05) is 27.4 Å². The lowest BCUT2D eigenvalue weighted by atomic mass is 10.2. The molecule has 24 heavy (non-hydrogen) atoms. The second kappa shape index (κ2) is 7.60. The van der Waals surface area contributed by atoms with Crippen molar-refractivity contribution in [3.8, 4) is 11.4 Å². The Hall–Kier alpha value is -1.49. The van der Waals surface area contributed by atoms with Crippen LogP contribution in [0.5, 0.6) is 0 Å². The number of rotatable bonds is 5. The van der Waals surface area contributed by atoms with Crippen LogP contribution in [0.25, 0.3) is 11.4 Å². The predicted molar refractivity (Wildman–Crippen MR) is 102 cm³/mol. The molecule has 0 bridgehead atoms. The monoisotopic (exact) mass is 377 g/mol. The minimum absolute atomic E-state index is 0.186. The molecular formula is C18H17Cl2N3S. The first-order valence-corrected chi connectivity index (χ1v) is 9.34. The molecule has 1 heterocycles. The molecule has 124 valence electrons. The van der Waals surface area contributed by atoms with Gasteiger partial charge in [0.05, 0.1) is 0 Å². The molecule has 2 aromatic carbocycles. The van der Waals surface area contributed by atoms with Crippen LogP contribution in [-0.4, -0.2) is 14.8 Å². The Morgan fingerprint density at radius 1 is 1.04 bits per heavy atom. The minimum Gasteiger partial charge on any atom is -0.302 e. The highest BCUT2D eigenvalue weighted by atomic mass is 35.5. The summed E-state index contributed by atoms with van der Waals surface area (Å²) in [6.07, 6.45) is 0. The summed E-state index contributed by atoms with van der Waals surface area (Å²) in [6, 6.07) is 15.6. The molecule has 0 N–H and O–H groups in total. The van der Waals surface area contributed by atoms with Gasteiger partial charge in [-0.25, -0.2) is 0 Å². The first kappa shape index (κ1) is 17.3. The van der Waals surface area contributed by atoms with Crippen LogP contribution in [0.3, 0.4) is 0 Å². The van der Waals surface area contributed by atoms with Crippen LogP contribution in [0, 0.1) is 0 Å². The van der Waals surface area contributed by atoms with Gasteiger partial charge in [0.2, 0.25) is 0 Å². The summed E-state index contributed by atoms with van der Waals surface area (Å²) in [5.41, 5.74) is 2.11. The normalized spacial score (nSPS) is 12.3. The van der Waals surface area contributed by atoms with Crippen molar-refractivity contribution in [2.45, 2.75) is 30.8 Å². The second-order valence-corrected chi connectivity index (χ2v) is 7.49. The summed E-state index contributed by atoms with van der Waals surface area (Å²) in [7, 11) is 0. The van der Waals surface area contributed by atoms with Crippen LogP contribution in [0.15, 0.2) is 53.7 Å². The van der Waals surface area contributed by atoms with E-state index in [4.69, 9.17) is 23.2 Å². The minimum atomic E-state index is 0.186. The predicted octanol–water partition coefficient (Wildman–Crippen LogP) is 6.13. The Morgan fingerprint density at radius 2 is 1.75 bits per heavy atom. The van der Waals surface area contributed by atoms with Crippen molar-refractivity contribution in [2.75, 3.05) is 0 Å². The summed E-state index contributed by atoms with van der Waals surface area (Å²) in [6.45, 7) is 5.01. The third-order valence-corrected chi connectivity index (χ3v) is 5.48. The van der Waals surface area contributed by atoms with Gasteiger partial charge in [0.1, 0.15) is 0 Å². The maximum Gasteiger partial charge on any atom is 0.192 e. The first-order valence-electron chi connectivity index (χ1n) is 7.70. The Balaban J connectivity index is 1.89. The van der Waals surface area contributed by atoms with E-state index in [1.54, 1.807) is 11.8 Å². The number of nitrogens with zero attached hydrogens (tertiary/aromatic N) is 3. The van der Waals surface area contributed by atoms with Crippen LogP contribution in [-0.2, 0) is 6.54 Å².